The van der Waals surface area contributed by atoms with Crippen molar-refractivity contribution in [3.63, 3.8) is 0 Å². The number of amides is 2. The van der Waals surface area contributed by atoms with Crippen molar-refractivity contribution in [3.8, 4) is 0 Å². The van der Waals surface area contributed by atoms with E-state index in [1.54, 1.807) is 19.2 Å². The van der Waals surface area contributed by atoms with Crippen LogP contribution in [0.15, 0.2) is 30.6 Å². The van der Waals surface area contributed by atoms with E-state index in [2.05, 4.69) is 20.5 Å². The van der Waals surface area contributed by atoms with E-state index < -0.39 is 17.6 Å². The van der Waals surface area contributed by atoms with E-state index in [4.69, 9.17) is 5.73 Å². The molecule has 1 aromatic carbocycles. The van der Waals surface area contributed by atoms with Crippen LogP contribution in [0.4, 0.5) is 15.9 Å². The second-order valence-corrected chi connectivity index (χ2v) is 7.23. The standard InChI is InChI=1S/C20H21FN6O2/c1-11-6-14(10-23-18(11)22)25-19(28)20(29)27-5-3-2-4-16(27)12-7-13-9-24-26-17(13)15(21)8-12/h6-10,16H,2-5H2,1H3,(H2,22,23)(H,24,26)(H,25,28)/t16-/m0/s1. The SMILES string of the molecule is Cc1cc(NC(=O)C(=O)N2CCCC[C@H]2c2cc(F)c3[nH]ncc3c2)cnc1N. The van der Waals surface area contributed by atoms with Gasteiger partial charge in [0.25, 0.3) is 0 Å². The number of anilines is 2. The Labute approximate surface area is 166 Å². The van der Waals surface area contributed by atoms with E-state index in [0.29, 0.717) is 46.5 Å². The molecule has 0 saturated carbocycles. The highest BCUT2D eigenvalue weighted by atomic mass is 19.1. The molecule has 0 unspecified atom stereocenters. The number of nitrogens with one attached hydrogen (secondary N) is 2. The molecule has 2 amide bonds. The molecule has 1 atom stereocenters. The second kappa shape index (κ2) is 7.50. The lowest BCUT2D eigenvalue weighted by molar-refractivity contribution is -0.145. The number of pyridine rings is 1. The van der Waals surface area contributed by atoms with Gasteiger partial charge < -0.3 is 16.0 Å². The second-order valence-electron chi connectivity index (χ2n) is 7.23. The molecule has 0 aliphatic carbocycles. The Bertz CT molecular complexity index is 1100. The van der Waals surface area contributed by atoms with E-state index in [1.807, 2.05) is 6.07 Å². The number of H-pyrrole nitrogens is 1. The third kappa shape index (κ3) is 3.63. The van der Waals surface area contributed by atoms with Gasteiger partial charge in [0.05, 0.1) is 24.1 Å². The summed E-state index contributed by atoms with van der Waals surface area (Å²) in [5.74, 6) is -1.48. The van der Waals surface area contributed by atoms with Crippen molar-refractivity contribution >= 4 is 34.2 Å². The van der Waals surface area contributed by atoms with Crippen LogP contribution in [0.1, 0.15) is 36.4 Å². The minimum absolute atomic E-state index is 0.325. The van der Waals surface area contributed by atoms with Crippen LogP contribution in [0.25, 0.3) is 10.9 Å². The molecule has 2 aromatic heterocycles. The van der Waals surface area contributed by atoms with Crippen molar-refractivity contribution < 1.29 is 14.0 Å². The predicted octanol–water partition coefficient (Wildman–Crippen LogP) is 2.68. The summed E-state index contributed by atoms with van der Waals surface area (Å²) in [4.78, 5) is 31.0. The summed E-state index contributed by atoms with van der Waals surface area (Å²) in [7, 11) is 0. The number of fused-ring (bicyclic) bond motifs is 1. The fourth-order valence-corrected chi connectivity index (χ4v) is 3.72. The van der Waals surface area contributed by atoms with Gasteiger partial charge in [0.15, 0.2) is 0 Å². The first kappa shape index (κ1) is 18.9. The van der Waals surface area contributed by atoms with Crippen LogP contribution in [0.2, 0.25) is 0 Å². The smallest absolute Gasteiger partial charge is 0.313 e. The molecule has 0 spiro atoms. The molecule has 150 valence electrons. The van der Waals surface area contributed by atoms with Crippen molar-refractivity contribution in [1.29, 1.82) is 0 Å². The van der Waals surface area contributed by atoms with E-state index in [9.17, 15) is 14.0 Å². The Morgan fingerprint density at radius 3 is 2.90 bits per heavy atom. The lowest BCUT2D eigenvalue weighted by Gasteiger charge is -2.35. The van der Waals surface area contributed by atoms with Crippen LogP contribution < -0.4 is 11.1 Å². The van der Waals surface area contributed by atoms with Gasteiger partial charge in [-0.05, 0) is 55.5 Å². The Hall–Kier alpha value is -3.49. The zero-order valence-electron chi connectivity index (χ0n) is 15.9. The fraction of sp³-hybridized carbons (Fsp3) is 0.300. The summed E-state index contributed by atoms with van der Waals surface area (Å²) in [6, 6.07) is 4.50. The van der Waals surface area contributed by atoms with Gasteiger partial charge in [-0.15, -0.1) is 0 Å². The molecule has 9 heteroatoms. The summed E-state index contributed by atoms with van der Waals surface area (Å²) in [6.45, 7) is 2.20. The minimum atomic E-state index is -0.757. The summed E-state index contributed by atoms with van der Waals surface area (Å²) in [5.41, 5.74) is 7.77. The summed E-state index contributed by atoms with van der Waals surface area (Å²) in [5, 5.41) is 9.70. The van der Waals surface area contributed by atoms with E-state index in [1.165, 1.54) is 17.2 Å². The number of hydrogen-bond donors (Lipinski definition) is 3. The molecule has 3 heterocycles. The van der Waals surface area contributed by atoms with E-state index in [-0.39, 0.29) is 6.04 Å². The average Bonchev–Trinajstić information content (AvgIpc) is 3.19. The number of aryl methyl sites for hydroxylation is 1. The molecule has 3 aromatic rings. The van der Waals surface area contributed by atoms with Gasteiger partial charge in [-0.25, -0.2) is 9.37 Å². The number of likely N-dealkylation sites (tertiary alicyclic amines) is 1. The highest BCUT2D eigenvalue weighted by Gasteiger charge is 2.32. The average molecular weight is 396 g/mol. The maximum atomic E-state index is 14.4. The number of rotatable bonds is 2. The fourth-order valence-electron chi connectivity index (χ4n) is 3.72. The number of aromatic nitrogens is 3. The molecular formula is C20H21FN6O2. The van der Waals surface area contributed by atoms with Gasteiger partial charge in [0, 0.05) is 11.9 Å². The number of aromatic amines is 1. The topological polar surface area (TPSA) is 117 Å². The van der Waals surface area contributed by atoms with Gasteiger partial charge >= 0.3 is 11.8 Å². The van der Waals surface area contributed by atoms with Crippen LogP contribution in [0, 0.1) is 12.7 Å². The first-order chi connectivity index (χ1) is 13.9. The molecule has 0 bridgehead atoms. The van der Waals surface area contributed by atoms with Gasteiger partial charge in [-0.1, -0.05) is 0 Å². The number of nitrogens with two attached hydrogens (primary N) is 1. The van der Waals surface area contributed by atoms with E-state index in [0.717, 1.165) is 12.8 Å². The van der Waals surface area contributed by atoms with Crippen LogP contribution in [0.5, 0.6) is 0 Å². The summed E-state index contributed by atoms with van der Waals surface area (Å²) in [6.07, 6.45) is 5.28. The molecule has 1 aliphatic heterocycles. The maximum absolute atomic E-state index is 14.4. The van der Waals surface area contributed by atoms with Crippen molar-refractivity contribution in [3.05, 3.63) is 47.5 Å². The van der Waals surface area contributed by atoms with Crippen LogP contribution in [-0.4, -0.2) is 38.4 Å². The van der Waals surface area contributed by atoms with Crippen molar-refractivity contribution in [1.82, 2.24) is 20.1 Å². The Morgan fingerprint density at radius 1 is 1.28 bits per heavy atom. The molecule has 0 radical (unpaired) electrons. The molecule has 4 N–H and O–H groups in total. The summed E-state index contributed by atoms with van der Waals surface area (Å²) >= 11 is 0. The number of halogens is 1. The van der Waals surface area contributed by atoms with Gasteiger partial charge in [-0.3, -0.25) is 14.7 Å². The molecule has 4 rings (SSSR count). The van der Waals surface area contributed by atoms with Crippen LogP contribution in [0.3, 0.4) is 0 Å². The predicted molar refractivity (Wildman–Crippen MR) is 106 cm³/mol. The Morgan fingerprint density at radius 2 is 2.10 bits per heavy atom. The lowest BCUT2D eigenvalue weighted by Crippen LogP contribution is -2.44. The third-order valence-corrected chi connectivity index (χ3v) is 5.24. The highest BCUT2D eigenvalue weighted by molar-refractivity contribution is 6.39. The Balaban J connectivity index is 1.58. The number of hydrogen-bond acceptors (Lipinski definition) is 5. The third-order valence-electron chi connectivity index (χ3n) is 5.24. The molecular weight excluding hydrogens is 375 g/mol. The summed E-state index contributed by atoms with van der Waals surface area (Å²) < 4.78 is 14.4. The highest BCUT2D eigenvalue weighted by Crippen LogP contribution is 2.33. The zero-order valence-corrected chi connectivity index (χ0v) is 15.9. The first-order valence-corrected chi connectivity index (χ1v) is 9.40. The van der Waals surface area contributed by atoms with Crippen LogP contribution >= 0.6 is 0 Å². The normalized spacial score (nSPS) is 16.8. The molecule has 29 heavy (non-hydrogen) atoms. The number of carbonyl (C=O) groups excluding carboxylic acids is 2. The Kier molecular flexibility index (Phi) is 4.87. The molecule has 1 fully saturated rings. The number of nitrogen functional groups attached to an aromatic ring is 1. The molecule has 1 saturated heterocycles. The van der Waals surface area contributed by atoms with Crippen LogP contribution in [-0.2, 0) is 9.59 Å². The number of benzene rings is 1. The maximum Gasteiger partial charge on any atom is 0.313 e. The number of piperidine rings is 1. The number of carbonyl (C=O) groups is 2. The quantitative estimate of drug-likeness (QED) is 0.576. The van der Waals surface area contributed by atoms with Gasteiger partial charge in [0.2, 0.25) is 0 Å². The zero-order chi connectivity index (χ0) is 20.5. The van der Waals surface area contributed by atoms with Crippen molar-refractivity contribution in [2.45, 2.75) is 32.2 Å². The first-order valence-electron chi connectivity index (χ1n) is 9.40. The number of nitrogens with zero attached hydrogens (tertiary/aromatic N) is 3. The lowest BCUT2D eigenvalue weighted by atomic mass is 9.94. The minimum Gasteiger partial charge on any atom is -0.383 e. The van der Waals surface area contributed by atoms with Crippen molar-refractivity contribution in [2.75, 3.05) is 17.6 Å². The largest absolute Gasteiger partial charge is 0.383 e. The van der Waals surface area contributed by atoms with E-state index >= 15 is 0 Å². The van der Waals surface area contributed by atoms with Gasteiger partial charge in [0.1, 0.15) is 17.2 Å². The molecule has 8 nitrogen and oxygen atoms in total. The van der Waals surface area contributed by atoms with Crippen molar-refractivity contribution in [2.24, 2.45) is 0 Å². The van der Waals surface area contributed by atoms with Gasteiger partial charge in [-0.2, -0.15) is 5.10 Å². The monoisotopic (exact) mass is 396 g/mol. The molecule has 1 aliphatic rings.